The molecule has 0 saturated heterocycles. The number of sulfonamides is 1. The van der Waals surface area contributed by atoms with Crippen molar-refractivity contribution in [1.82, 2.24) is 4.72 Å². The smallest absolute Gasteiger partial charge is 0.265 e. The minimum Gasteiger partial charge on any atom is -0.490 e. The number of para-hydroxylation sites is 2. The molecular formula is C21H23ClN2O5S. The van der Waals surface area contributed by atoms with Crippen LogP contribution in [0.2, 0.25) is 5.02 Å². The third-order valence-electron chi connectivity index (χ3n) is 5.27. The molecule has 1 aliphatic carbocycles. The summed E-state index contributed by atoms with van der Waals surface area (Å²) in [6.07, 6.45) is 3.76. The van der Waals surface area contributed by atoms with Gasteiger partial charge in [-0.3, -0.25) is 4.79 Å². The normalized spacial score (nSPS) is 16.8. The molecule has 0 atom stereocenters. The van der Waals surface area contributed by atoms with E-state index in [1.165, 1.54) is 18.2 Å². The summed E-state index contributed by atoms with van der Waals surface area (Å²) in [5.74, 6) is 0.673. The highest BCUT2D eigenvalue weighted by atomic mass is 35.5. The number of benzene rings is 2. The molecule has 0 radical (unpaired) electrons. The van der Waals surface area contributed by atoms with E-state index in [0.717, 1.165) is 25.7 Å². The van der Waals surface area contributed by atoms with Crippen LogP contribution in [0.3, 0.4) is 0 Å². The Bertz CT molecular complexity index is 1040. The van der Waals surface area contributed by atoms with Gasteiger partial charge >= 0.3 is 0 Å². The molecule has 7 nitrogen and oxygen atoms in total. The number of carbonyl (C=O) groups is 1. The van der Waals surface area contributed by atoms with Crippen LogP contribution in [-0.4, -0.2) is 40.1 Å². The monoisotopic (exact) mass is 450 g/mol. The Morgan fingerprint density at radius 2 is 1.97 bits per heavy atom. The van der Waals surface area contributed by atoms with Crippen LogP contribution >= 0.6 is 11.6 Å². The summed E-state index contributed by atoms with van der Waals surface area (Å²) in [6.45, 7) is 0.613. The van der Waals surface area contributed by atoms with Gasteiger partial charge in [0, 0.05) is 6.04 Å². The number of halogens is 1. The van der Waals surface area contributed by atoms with E-state index in [-0.39, 0.29) is 34.2 Å². The predicted molar refractivity (Wildman–Crippen MR) is 114 cm³/mol. The molecule has 0 spiro atoms. The summed E-state index contributed by atoms with van der Waals surface area (Å²) in [7, 11) is -3.64. The maximum Gasteiger partial charge on any atom is 0.265 e. The van der Waals surface area contributed by atoms with Gasteiger partial charge < -0.3 is 14.4 Å². The van der Waals surface area contributed by atoms with Gasteiger partial charge in [0.05, 0.1) is 22.2 Å². The first-order chi connectivity index (χ1) is 14.4. The Kier molecular flexibility index (Phi) is 6.17. The van der Waals surface area contributed by atoms with Crippen LogP contribution in [-0.2, 0) is 14.8 Å². The maximum atomic E-state index is 12.7. The first-order valence-corrected chi connectivity index (χ1v) is 11.8. The summed E-state index contributed by atoms with van der Waals surface area (Å²) in [6, 6.07) is 11.5. The number of ether oxygens (including phenoxy) is 2. The number of carbonyl (C=O) groups excluding carboxylic acids is 1. The molecule has 2 aliphatic rings. The standard InChI is InChI=1S/C21H23ClN2O5S/c22-17-13-16(30(26,27)23-15-5-1-2-6-15)9-10-19(17)29-14-21(25)24-11-12-28-20-8-4-3-7-18(20)24/h3-4,7-10,13,15,23H,1-2,5-6,11-12,14H2. The quantitative estimate of drug-likeness (QED) is 0.729. The van der Waals surface area contributed by atoms with Crippen molar-refractivity contribution in [2.24, 2.45) is 0 Å². The molecule has 0 unspecified atom stereocenters. The second-order valence-electron chi connectivity index (χ2n) is 7.35. The Hall–Kier alpha value is -2.29. The van der Waals surface area contributed by atoms with Crippen molar-refractivity contribution in [3.63, 3.8) is 0 Å². The van der Waals surface area contributed by atoms with Gasteiger partial charge in [-0.1, -0.05) is 36.6 Å². The molecule has 2 aromatic rings. The van der Waals surface area contributed by atoms with Crippen molar-refractivity contribution in [1.29, 1.82) is 0 Å². The SMILES string of the molecule is O=C(COc1ccc(S(=O)(=O)NC2CCCC2)cc1Cl)N1CCOc2ccccc21. The number of rotatable bonds is 6. The zero-order valence-electron chi connectivity index (χ0n) is 16.3. The van der Waals surface area contributed by atoms with Crippen molar-refractivity contribution in [3.8, 4) is 11.5 Å². The lowest BCUT2D eigenvalue weighted by Crippen LogP contribution is -2.40. The van der Waals surface area contributed by atoms with Gasteiger partial charge in [0.25, 0.3) is 5.91 Å². The van der Waals surface area contributed by atoms with Crippen molar-refractivity contribution >= 4 is 33.2 Å². The van der Waals surface area contributed by atoms with E-state index < -0.39 is 10.0 Å². The van der Waals surface area contributed by atoms with Crippen LogP contribution in [0.4, 0.5) is 5.69 Å². The van der Waals surface area contributed by atoms with E-state index in [0.29, 0.717) is 24.6 Å². The fourth-order valence-corrected chi connectivity index (χ4v) is 5.37. The topological polar surface area (TPSA) is 84.9 Å². The average Bonchev–Trinajstić information content (AvgIpc) is 3.24. The number of fused-ring (bicyclic) bond motifs is 1. The highest BCUT2D eigenvalue weighted by Crippen LogP contribution is 2.32. The van der Waals surface area contributed by atoms with Gasteiger partial charge in [0.15, 0.2) is 6.61 Å². The van der Waals surface area contributed by atoms with Crippen LogP contribution < -0.4 is 19.1 Å². The fourth-order valence-electron chi connectivity index (χ4n) is 3.74. The number of nitrogens with zero attached hydrogens (tertiary/aromatic N) is 1. The molecule has 30 heavy (non-hydrogen) atoms. The molecule has 0 aromatic heterocycles. The van der Waals surface area contributed by atoms with Gasteiger partial charge in [-0.15, -0.1) is 0 Å². The Morgan fingerprint density at radius 3 is 2.73 bits per heavy atom. The summed E-state index contributed by atoms with van der Waals surface area (Å²) < 4.78 is 39.0. The summed E-state index contributed by atoms with van der Waals surface area (Å²) >= 11 is 6.24. The van der Waals surface area contributed by atoms with Crippen LogP contribution in [0.5, 0.6) is 11.5 Å². The molecule has 4 rings (SSSR count). The second-order valence-corrected chi connectivity index (χ2v) is 9.47. The number of nitrogens with one attached hydrogen (secondary N) is 1. The maximum absolute atomic E-state index is 12.7. The summed E-state index contributed by atoms with van der Waals surface area (Å²) in [5.41, 5.74) is 0.697. The molecule has 9 heteroatoms. The first-order valence-electron chi connectivity index (χ1n) is 9.91. The van der Waals surface area contributed by atoms with Crippen LogP contribution in [0.15, 0.2) is 47.4 Å². The first kappa shape index (κ1) is 21.0. The molecule has 1 N–H and O–H groups in total. The number of hydrogen-bond acceptors (Lipinski definition) is 5. The second kappa shape index (κ2) is 8.83. The zero-order chi connectivity index (χ0) is 21.1. The van der Waals surface area contributed by atoms with E-state index >= 15 is 0 Å². The minimum absolute atomic E-state index is 0.0290. The number of hydrogen-bond donors (Lipinski definition) is 1. The molecule has 2 aromatic carbocycles. The highest BCUT2D eigenvalue weighted by Gasteiger charge is 2.25. The Balaban J connectivity index is 1.41. The molecule has 1 aliphatic heterocycles. The average molecular weight is 451 g/mol. The van der Waals surface area contributed by atoms with E-state index in [9.17, 15) is 13.2 Å². The molecule has 1 fully saturated rings. The van der Waals surface area contributed by atoms with Crippen molar-refractivity contribution in [2.75, 3.05) is 24.7 Å². The Morgan fingerprint density at radius 1 is 1.20 bits per heavy atom. The molecule has 1 saturated carbocycles. The molecular weight excluding hydrogens is 428 g/mol. The third-order valence-corrected chi connectivity index (χ3v) is 7.08. The fraction of sp³-hybridized carbons (Fsp3) is 0.381. The zero-order valence-corrected chi connectivity index (χ0v) is 17.9. The molecule has 1 heterocycles. The van der Waals surface area contributed by atoms with Gasteiger partial charge in [-0.2, -0.15) is 0 Å². The van der Waals surface area contributed by atoms with Gasteiger partial charge in [0.1, 0.15) is 18.1 Å². The minimum atomic E-state index is -3.64. The van der Waals surface area contributed by atoms with E-state index in [1.807, 2.05) is 24.3 Å². The lowest BCUT2D eigenvalue weighted by molar-refractivity contribution is -0.120. The van der Waals surface area contributed by atoms with Crippen LogP contribution in [0.1, 0.15) is 25.7 Å². The summed E-state index contributed by atoms with van der Waals surface area (Å²) in [4.78, 5) is 14.4. The van der Waals surface area contributed by atoms with Gasteiger partial charge in [0.2, 0.25) is 10.0 Å². The van der Waals surface area contributed by atoms with Crippen molar-refractivity contribution in [2.45, 2.75) is 36.6 Å². The predicted octanol–water partition coefficient (Wildman–Crippen LogP) is 3.37. The van der Waals surface area contributed by atoms with Crippen molar-refractivity contribution in [3.05, 3.63) is 47.5 Å². The van der Waals surface area contributed by atoms with Crippen LogP contribution in [0.25, 0.3) is 0 Å². The molecule has 0 bridgehead atoms. The van der Waals surface area contributed by atoms with Gasteiger partial charge in [-0.25, -0.2) is 13.1 Å². The van der Waals surface area contributed by atoms with Crippen molar-refractivity contribution < 1.29 is 22.7 Å². The lowest BCUT2D eigenvalue weighted by atomic mass is 10.2. The van der Waals surface area contributed by atoms with E-state index in [2.05, 4.69) is 4.72 Å². The third kappa shape index (κ3) is 4.55. The van der Waals surface area contributed by atoms with E-state index in [4.69, 9.17) is 21.1 Å². The van der Waals surface area contributed by atoms with Crippen LogP contribution in [0, 0.1) is 0 Å². The van der Waals surface area contributed by atoms with E-state index in [1.54, 1.807) is 4.90 Å². The van der Waals surface area contributed by atoms with Gasteiger partial charge in [-0.05, 0) is 43.2 Å². The number of amides is 1. The summed E-state index contributed by atoms with van der Waals surface area (Å²) in [5, 5.41) is 0.138. The number of anilines is 1. The largest absolute Gasteiger partial charge is 0.490 e. The molecule has 1 amide bonds. The highest BCUT2D eigenvalue weighted by molar-refractivity contribution is 7.89. The lowest BCUT2D eigenvalue weighted by Gasteiger charge is -2.29. The molecule has 160 valence electrons. The Labute approximate surface area is 181 Å².